The monoisotopic (exact) mass is 283 g/mol. The van der Waals surface area contributed by atoms with Crippen molar-refractivity contribution >= 4 is 0 Å². The molecule has 1 aromatic carbocycles. The van der Waals surface area contributed by atoms with Gasteiger partial charge in [0.25, 0.3) is 0 Å². The highest BCUT2D eigenvalue weighted by atomic mass is 15.2. The van der Waals surface area contributed by atoms with E-state index in [-0.39, 0.29) is 0 Å². The maximum absolute atomic E-state index is 2.85. The SMILES string of the molecule is Cc1ccc(C)c(C2CCN(C3CC4CCC3C4)CC2)c1. The van der Waals surface area contributed by atoms with Gasteiger partial charge in [0.1, 0.15) is 0 Å². The number of aryl methyl sites for hydroxylation is 2. The quantitative estimate of drug-likeness (QED) is 0.762. The molecule has 21 heavy (non-hydrogen) atoms. The number of nitrogens with zero attached hydrogens (tertiary/aromatic N) is 1. The normalized spacial score (nSPS) is 33.7. The molecule has 0 radical (unpaired) electrons. The van der Waals surface area contributed by atoms with Crippen LogP contribution in [0.2, 0.25) is 0 Å². The van der Waals surface area contributed by atoms with E-state index in [1.807, 2.05) is 0 Å². The van der Waals surface area contributed by atoms with Crippen molar-refractivity contribution in [1.29, 1.82) is 0 Å². The zero-order valence-electron chi connectivity index (χ0n) is 13.6. The van der Waals surface area contributed by atoms with E-state index in [1.54, 1.807) is 12.0 Å². The molecule has 0 spiro atoms. The van der Waals surface area contributed by atoms with E-state index < -0.39 is 0 Å². The standard InChI is InChI=1S/C20H29N/c1-14-3-4-15(2)19(11-14)17-7-9-21(10-8-17)20-13-16-5-6-18(20)12-16/h3-4,11,16-18,20H,5-10,12-13H2,1-2H3. The summed E-state index contributed by atoms with van der Waals surface area (Å²) in [5, 5.41) is 0. The summed E-state index contributed by atoms with van der Waals surface area (Å²) in [6.45, 7) is 7.20. The summed E-state index contributed by atoms with van der Waals surface area (Å²) in [5.74, 6) is 2.93. The third-order valence-corrected chi connectivity index (χ3v) is 6.57. The number of fused-ring (bicyclic) bond motifs is 2. The van der Waals surface area contributed by atoms with Crippen molar-refractivity contribution in [2.24, 2.45) is 11.8 Å². The predicted molar refractivity (Wildman–Crippen MR) is 88.7 cm³/mol. The first-order valence-electron chi connectivity index (χ1n) is 9.02. The Morgan fingerprint density at radius 1 is 0.952 bits per heavy atom. The van der Waals surface area contributed by atoms with Gasteiger partial charge in [0.2, 0.25) is 0 Å². The van der Waals surface area contributed by atoms with Crippen LogP contribution in [-0.4, -0.2) is 24.0 Å². The van der Waals surface area contributed by atoms with Crippen LogP contribution in [0, 0.1) is 25.7 Å². The van der Waals surface area contributed by atoms with Crippen molar-refractivity contribution in [2.75, 3.05) is 13.1 Å². The topological polar surface area (TPSA) is 3.24 Å². The first-order chi connectivity index (χ1) is 10.2. The van der Waals surface area contributed by atoms with Crippen LogP contribution in [0.25, 0.3) is 0 Å². The number of hydrogen-bond acceptors (Lipinski definition) is 1. The zero-order valence-corrected chi connectivity index (χ0v) is 13.6. The van der Waals surface area contributed by atoms with Crippen molar-refractivity contribution in [1.82, 2.24) is 4.90 Å². The van der Waals surface area contributed by atoms with Gasteiger partial charge in [-0.15, -0.1) is 0 Å². The van der Waals surface area contributed by atoms with Gasteiger partial charge in [0.15, 0.2) is 0 Å². The van der Waals surface area contributed by atoms with Crippen LogP contribution in [0.3, 0.4) is 0 Å². The Balaban J connectivity index is 1.41. The Morgan fingerprint density at radius 3 is 2.43 bits per heavy atom. The van der Waals surface area contributed by atoms with Crippen molar-refractivity contribution in [3.8, 4) is 0 Å². The molecule has 0 N–H and O–H groups in total. The highest BCUT2D eigenvalue weighted by Crippen LogP contribution is 2.47. The van der Waals surface area contributed by atoms with Gasteiger partial charge in [0.05, 0.1) is 0 Å². The molecular weight excluding hydrogens is 254 g/mol. The van der Waals surface area contributed by atoms with Gasteiger partial charge in [-0.1, -0.05) is 30.2 Å². The Labute approximate surface area is 129 Å². The second kappa shape index (κ2) is 5.43. The van der Waals surface area contributed by atoms with Crippen LogP contribution in [-0.2, 0) is 0 Å². The molecule has 0 amide bonds. The van der Waals surface area contributed by atoms with E-state index in [0.29, 0.717) is 0 Å². The lowest BCUT2D eigenvalue weighted by atomic mass is 9.84. The average molecular weight is 283 g/mol. The molecule has 3 aliphatic rings. The molecule has 114 valence electrons. The average Bonchev–Trinajstić information content (AvgIpc) is 3.13. The summed E-state index contributed by atoms with van der Waals surface area (Å²) in [4.78, 5) is 2.85. The van der Waals surface area contributed by atoms with E-state index in [2.05, 4.69) is 36.9 Å². The third kappa shape index (κ3) is 2.54. The third-order valence-electron chi connectivity index (χ3n) is 6.57. The lowest BCUT2D eigenvalue weighted by molar-refractivity contribution is 0.110. The fourth-order valence-electron chi connectivity index (χ4n) is 5.40. The molecule has 1 saturated heterocycles. The van der Waals surface area contributed by atoms with E-state index in [0.717, 1.165) is 23.8 Å². The second-order valence-electron chi connectivity index (χ2n) is 7.91. The minimum absolute atomic E-state index is 0.805. The number of piperidine rings is 1. The smallest absolute Gasteiger partial charge is 0.0126 e. The molecule has 3 atom stereocenters. The van der Waals surface area contributed by atoms with Crippen molar-refractivity contribution in [3.05, 3.63) is 34.9 Å². The molecule has 3 unspecified atom stereocenters. The number of benzene rings is 1. The van der Waals surface area contributed by atoms with Crippen molar-refractivity contribution in [3.63, 3.8) is 0 Å². The lowest BCUT2D eigenvalue weighted by Gasteiger charge is -2.40. The van der Waals surface area contributed by atoms with E-state index in [4.69, 9.17) is 0 Å². The second-order valence-corrected chi connectivity index (χ2v) is 7.91. The van der Waals surface area contributed by atoms with Crippen LogP contribution in [0.4, 0.5) is 0 Å². The van der Waals surface area contributed by atoms with E-state index in [9.17, 15) is 0 Å². The molecule has 1 heteroatoms. The minimum atomic E-state index is 0.805. The van der Waals surface area contributed by atoms with Gasteiger partial charge in [0, 0.05) is 6.04 Å². The van der Waals surface area contributed by atoms with Crippen LogP contribution >= 0.6 is 0 Å². The van der Waals surface area contributed by atoms with Gasteiger partial charge in [-0.3, -0.25) is 0 Å². The van der Waals surface area contributed by atoms with Gasteiger partial charge >= 0.3 is 0 Å². The van der Waals surface area contributed by atoms with Gasteiger partial charge in [-0.25, -0.2) is 0 Å². The summed E-state index contributed by atoms with van der Waals surface area (Å²) in [6, 6.07) is 7.95. The van der Waals surface area contributed by atoms with Crippen molar-refractivity contribution < 1.29 is 0 Å². The summed E-state index contributed by atoms with van der Waals surface area (Å²) in [7, 11) is 0. The fourth-order valence-corrected chi connectivity index (χ4v) is 5.40. The maximum atomic E-state index is 2.85. The molecule has 1 aromatic rings. The predicted octanol–water partition coefficient (Wildman–Crippen LogP) is 4.67. The molecule has 2 aliphatic carbocycles. The highest BCUT2D eigenvalue weighted by molar-refractivity contribution is 5.33. The molecule has 4 rings (SSSR count). The van der Waals surface area contributed by atoms with Crippen molar-refractivity contribution in [2.45, 2.75) is 64.3 Å². The molecule has 1 aliphatic heterocycles. The number of rotatable bonds is 2. The Kier molecular flexibility index (Phi) is 3.57. The summed E-state index contributed by atoms with van der Waals surface area (Å²) in [5.41, 5.74) is 4.55. The molecule has 1 heterocycles. The Bertz CT molecular complexity index is 513. The molecule has 1 nitrogen and oxygen atoms in total. The maximum Gasteiger partial charge on any atom is 0.0126 e. The number of hydrogen-bond donors (Lipinski definition) is 0. The lowest BCUT2D eigenvalue weighted by Crippen LogP contribution is -2.43. The Morgan fingerprint density at radius 2 is 1.76 bits per heavy atom. The van der Waals surface area contributed by atoms with Gasteiger partial charge < -0.3 is 4.90 Å². The largest absolute Gasteiger partial charge is 0.300 e. The highest BCUT2D eigenvalue weighted by Gasteiger charge is 2.42. The van der Waals surface area contributed by atoms with E-state index in [1.165, 1.54) is 56.3 Å². The first-order valence-corrected chi connectivity index (χ1v) is 9.02. The van der Waals surface area contributed by atoms with Crippen LogP contribution in [0.5, 0.6) is 0 Å². The number of likely N-dealkylation sites (tertiary alicyclic amines) is 1. The molecule has 2 bridgehead atoms. The molecule has 2 saturated carbocycles. The van der Waals surface area contributed by atoms with Gasteiger partial charge in [-0.05, 0) is 87.9 Å². The van der Waals surface area contributed by atoms with E-state index >= 15 is 0 Å². The van der Waals surface area contributed by atoms with Crippen LogP contribution in [0.15, 0.2) is 18.2 Å². The first kappa shape index (κ1) is 13.8. The molecule has 3 fully saturated rings. The molecular formula is C20H29N. The minimum Gasteiger partial charge on any atom is -0.300 e. The fraction of sp³-hybridized carbons (Fsp3) is 0.700. The summed E-state index contributed by atoms with van der Waals surface area (Å²) >= 11 is 0. The van der Waals surface area contributed by atoms with Crippen LogP contribution < -0.4 is 0 Å². The molecule has 0 aromatic heterocycles. The summed E-state index contributed by atoms with van der Waals surface area (Å²) < 4.78 is 0. The zero-order chi connectivity index (χ0) is 14.4. The Hall–Kier alpha value is -0.820. The van der Waals surface area contributed by atoms with Crippen LogP contribution in [0.1, 0.15) is 61.1 Å². The summed E-state index contributed by atoms with van der Waals surface area (Å²) in [6.07, 6.45) is 8.85. The van der Waals surface area contributed by atoms with Gasteiger partial charge in [-0.2, -0.15) is 0 Å².